The van der Waals surface area contributed by atoms with E-state index >= 15 is 0 Å². The van der Waals surface area contributed by atoms with Crippen molar-refractivity contribution in [1.82, 2.24) is 10.2 Å². The quantitative estimate of drug-likeness (QED) is 0.775. The Morgan fingerprint density at radius 2 is 2.22 bits per heavy atom. The molecular formula is C12H20N2O4. The number of carboxylic acids is 1. The lowest BCUT2D eigenvalue weighted by molar-refractivity contribution is -0.141. The first-order chi connectivity index (χ1) is 8.68. The maximum atomic E-state index is 11.9. The lowest BCUT2D eigenvalue weighted by atomic mass is 10.1. The molecule has 2 atom stereocenters. The highest BCUT2D eigenvalue weighted by Crippen LogP contribution is 2.18. The number of hydrogen-bond acceptors (Lipinski definition) is 3. The zero-order valence-corrected chi connectivity index (χ0v) is 10.4. The predicted octanol–water partition coefficient (Wildman–Crippen LogP) is 0.672. The highest BCUT2D eigenvalue weighted by molar-refractivity contribution is 5.83. The number of hydrogen-bond donors (Lipinski definition) is 2. The minimum absolute atomic E-state index is 0.251. The van der Waals surface area contributed by atoms with Crippen molar-refractivity contribution >= 4 is 12.0 Å². The second-order valence-corrected chi connectivity index (χ2v) is 4.94. The van der Waals surface area contributed by atoms with Crippen LogP contribution in [0.2, 0.25) is 0 Å². The van der Waals surface area contributed by atoms with E-state index in [0.717, 1.165) is 32.5 Å². The van der Waals surface area contributed by atoms with Gasteiger partial charge in [0.1, 0.15) is 6.04 Å². The number of urea groups is 1. The summed E-state index contributed by atoms with van der Waals surface area (Å²) in [6.45, 7) is 2.72. The van der Waals surface area contributed by atoms with Crippen LogP contribution in [0.15, 0.2) is 0 Å². The van der Waals surface area contributed by atoms with Gasteiger partial charge in [0.2, 0.25) is 0 Å². The van der Waals surface area contributed by atoms with Gasteiger partial charge in [0.05, 0.1) is 0 Å². The van der Waals surface area contributed by atoms with Gasteiger partial charge in [-0.2, -0.15) is 0 Å². The Morgan fingerprint density at radius 1 is 1.39 bits per heavy atom. The van der Waals surface area contributed by atoms with Crippen molar-refractivity contribution in [3.8, 4) is 0 Å². The SMILES string of the molecule is O=C(O)[C@@H]1CCCN1C(=O)NCCC1CCOC1. The molecule has 2 saturated heterocycles. The summed E-state index contributed by atoms with van der Waals surface area (Å²) in [6.07, 6.45) is 3.27. The van der Waals surface area contributed by atoms with Gasteiger partial charge in [0, 0.05) is 26.3 Å². The van der Waals surface area contributed by atoms with Crippen molar-refractivity contribution in [2.24, 2.45) is 5.92 Å². The maximum absolute atomic E-state index is 11.9. The Bertz CT molecular complexity index is 315. The van der Waals surface area contributed by atoms with Gasteiger partial charge in [0.25, 0.3) is 0 Å². The molecule has 0 bridgehead atoms. The lowest BCUT2D eigenvalue weighted by Gasteiger charge is -2.22. The van der Waals surface area contributed by atoms with Crippen LogP contribution in [0.4, 0.5) is 4.79 Å². The van der Waals surface area contributed by atoms with Crippen LogP contribution < -0.4 is 5.32 Å². The average molecular weight is 256 g/mol. The molecule has 0 aromatic carbocycles. The molecule has 0 aromatic rings. The molecule has 2 aliphatic heterocycles. The monoisotopic (exact) mass is 256 g/mol. The van der Waals surface area contributed by atoms with Gasteiger partial charge in [-0.1, -0.05) is 0 Å². The highest BCUT2D eigenvalue weighted by atomic mass is 16.5. The van der Waals surface area contributed by atoms with Gasteiger partial charge >= 0.3 is 12.0 Å². The van der Waals surface area contributed by atoms with Gasteiger partial charge < -0.3 is 20.1 Å². The number of ether oxygens (including phenoxy) is 1. The molecule has 1 unspecified atom stereocenters. The first-order valence-corrected chi connectivity index (χ1v) is 6.53. The summed E-state index contributed by atoms with van der Waals surface area (Å²) >= 11 is 0. The molecule has 0 spiro atoms. The molecule has 6 heteroatoms. The summed E-state index contributed by atoms with van der Waals surface area (Å²) in [5, 5.41) is 11.8. The number of carboxylic acid groups (broad SMARTS) is 1. The molecule has 6 nitrogen and oxygen atoms in total. The van der Waals surface area contributed by atoms with Crippen molar-refractivity contribution < 1.29 is 19.4 Å². The molecule has 2 N–H and O–H groups in total. The summed E-state index contributed by atoms with van der Waals surface area (Å²) in [7, 11) is 0. The van der Waals surface area contributed by atoms with Crippen molar-refractivity contribution in [3.63, 3.8) is 0 Å². The number of nitrogens with one attached hydrogen (secondary N) is 1. The van der Waals surface area contributed by atoms with Crippen molar-refractivity contribution in [2.75, 3.05) is 26.3 Å². The van der Waals surface area contributed by atoms with Crippen LogP contribution >= 0.6 is 0 Å². The van der Waals surface area contributed by atoms with Crippen molar-refractivity contribution in [3.05, 3.63) is 0 Å². The van der Waals surface area contributed by atoms with E-state index in [1.165, 1.54) is 4.90 Å². The molecule has 2 rings (SSSR count). The third-order valence-electron chi connectivity index (χ3n) is 3.65. The van der Waals surface area contributed by atoms with Crippen LogP contribution in [0, 0.1) is 5.92 Å². The zero-order chi connectivity index (χ0) is 13.0. The minimum atomic E-state index is -0.910. The van der Waals surface area contributed by atoms with Crippen LogP contribution in [-0.2, 0) is 9.53 Å². The molecule has 0 aromatic heterocycles. The summed E-state index contributed by atoms with van der Waals surface area (Å²) < 4.78 is 5.26. The number of amides is 2. The van der Waals surface area contributed by atoms with Crippen LogP contribution in [0.3, 0.4) is 0 Å². The second kappa shape index (κ2) is 6.04. The van der Waals surface area contributed by atoms with E-state index in [-0.39, 0.29) is 6.03 Å². The van der Waals surface area contributed by atoms with Crippen LogP contribution in [0.1, 0.15) is 25.7 Å². The maximum Gasteiger partial charge on any atom is 0.326 e. The second-order valence-electron chi connectivity index (χ2n) is 4.94. The van der Waals surface area contributed by atoms with E-state index in [1.807, 2.05) is 0 Å². The fourth-order valence-corrected chi connectivity index (χ4v) is 2.56. The van der Waals surface area contributed by atoms with E-state index in [1.54, 1.807) is 0 Å². The Hall–Kier alpha value is -1.30. The normalized spacial score (nSPS) is 27.4. The molecule has 0 saturated carbocycles. The van der Waals surface area contributed by atoms with E-state index < -0.39 is 12.0 Å². The molecule has 102 valence electrons. The van der Waals surface area contributed by atoms with E-state index in [9.17, 15) is 9.59 Å². The van der Waals surface area contributed by atoms with Crippen LogP contribution in [-0.4, -0.2) is 54.4 Å². The summed E-state index contributed by atoms with van der Waals surface area (Å²) in [5.74, 6) is -0.383. The van der Waals surface area contributed by atoms with E-state index in [0.29, 0.717) is 25.4 Å². The number of carbonyl (C=O) groups excluding carboxylic acids is 1. The summed E-state index contributed by atoms with van der Waals surface area (Å²) in [6, 6.07) is -0.904. The average Bonchev–Trinajstić information content (AvgIpc) is 2.99. The van der Waals surface area contributed by atoms with E-state index in [2.05, 4.69) is 5.32 Å². The summed E-state index contributed by atoms with van der Waals surface area (Å²) in [5.41, 5.74) is 0. The van der Waals surface area contributed by atoms with Gasteiger partial charge in [-0.25, -0.2) is 9.59 Å². The molecule has 2 fully saturated rings. The fraction of sp³-hybridized carbons (Fsp3) is 0.833. The van der Waals surface area contributed by atoms with Gasteiger partial charge in [-0.3, -0.25) is 0 Å². The van der Waals surface area contributed by atoms with Gasteiger partial charge in [0.15, 0.2) is 0 Å². The third kappa shape index (κ3) is 3.13. The number of nitrogens with zero attached hydrogens (tertiary/aromatic N) is 1. The topological polar surface area (TPSA) is 78.9 Å². The fourth-order valence-electron chi connectivity index (χ4n) is 2.56. The van der Waals surface area contributed by atoms with E-state index in [4.69, 9.17) is 9.84 Å². The largest absolute Gasteiger partial charge is 0.480 e. The van der Waals surface area contributed by atoms with Gasteiger partial charge in [-0.05, 0) is 31.6 Å². The van der Waals surface area contributed by atoms with Crippen LogP contribution in [0.5, 0.6) is 0 Å². The van der Waals surface area contributed by atoms with Crippen molar-refractivity contribution in [2.45, 2.75) is 31.7 Å². The predicted molar refractivity (Wildman–Crippen MR) is 64.3 cm³/mol. The minimum Gasteiger partial charge on any atom is -0.480 e. The molecule has 0 radical (unpaired) electrons. The molecular weight excluding hydrogens is 236 g/mol. The molecule has 18 heavy (non-hydrogen) atoms. The first kappa shape index (κ1) is 13.1. The lowest BCUT2D eigenvalue weighted by Crippen LogP contribution is -2.46. The number of likely N-dealkylation sites (tertiary alicyclic amines) is 1. The third-order valence-corrected chi connectivity index (χ3v) is 3.65. The molecule has 2 heterocycles. The number of aliphatic carboxylic acids is 1. The van der Waals surface area contributed by atoms with Gasteiger partial charge in [-0.15, -0.1) is 0 Å². The highest BCUT2D eigenvalue weighted by Gasteiger charge is 2.33. The number of rotatable bonds is 4. The zero-order valence-electron chi connectivity index (χ0n) is 10.4. The molecule has 2 aliphatic rings. The summed E-state index contributed by atoms with van der Waals surface area (Å²) in [4.78, 5) is 24.2. The van der Waals surface area contributed by atoms with Crippen LogP contribution in [0.25, 0.3) is 0 Å². The number of carbonyl (C=O) groups is 2. The van der Waals surface area contributed by atoms with Crippen molar-refractivity contribution in [1.29, 1.82) is 0 Å². The first-order valence-electron chi connectivity index (χ1n) is 6.53. The molecule has 2 amide bonds. The Morgan fingerprint density at radius 3 is 2.89 bits per heavy atom. The Labute approximate surface area is 106 Å². The Kier molecular flexibility index (Phi) is 4.41. The Balaban J connectivity index is 1.71. The standard InChI is InChI=1S/C12H20N2O4/c15-11(16)10-2-1-6-14(10)12(17)13-5-3-9-4-7-18-8-9/h9-10H,1-8H2,(H,13,17)(H,15,16)/t9?,10-/m0/s1. The smallest absolute Gasteiger partial charge is 0.326 e. The molecule has 0 aliphatic carbocycles.